The van der Waals surface area contributed by atoms with E-state index in [2.05, 4.69) is 5.32 Å². The standard InChI is InChI=1S/C7H8N2O3S/c10-7(9-13(11)12)8-6-4-2-1-3-5-6/h1-5H,(H,11,12)(H2,8,9,10). The summed E-state index contributed by atoms with van der Waals surface area (Å²) in [4.78, 5) is 10.8. The second kappa shape index (κ2) is 4.58. The quantitative estimate of drug-likeness (QED) is 0.622. The highest BCUT2D eigenvalue weighted by atomic mass is 32.2. The van der Waals surface area contributed by atoms with Gasteiger partial charge in [0.05, 0.1) is 0 Å². The van der Waals surface area contributed by atoms with Crippen LogP contribution in [0.25, 0.3) is 0 Å². The molecule has 1 aromatic carbocycles. The highest BCUT2D eigenvalue weighted by Gasteiger charge is 2.02. The van der Waals surface area contributed by atoms with Crippen molar-refractivity contribution in [1.82, 2.24) is 4.72 Å². The van der Waals surface area contributed by atoms with Crippen LogP contribution in [0, 0.1) is 0 Å². The molecule has 6 heteroatoms. The van der Waals surface area contributed by atoms with E-state index in [1.54, 1.807) is 35.1 Å². The Morgan fingerprint density at radius 2 is 1.92 bits per heavy atom. The van der Waals surface area contributed by atoms with E-state index in [0.29, 0.717) is 5.69 Å². The zero-order valence-electron chi connectivity index (χ0n) is 6.56. The first kappa shape index (κ1) is 9.69. The van der Waals surface area contributed by atoms with Gasteiger partial charge < -0.3 is 5.32 Å². The van der Waals surface area contributed by atoms with Crippen molar-refractivity contribution in [3.05, 3.63) is 30.3 Å². The van der Waals surface area contributed by atoms with Gasteiger partial charge in [0.1, 0.15) is 0 Å². The molecule has 13 heavy (non-hydrogen) atoms. The average molecular weight is 200 g/mol. The molecule has 0 bridgehead atoms. The van der Waals surface area contributed by atoms with Gasteiger partial charge in [0.15, 0.2) is 0 Å². The van der Waals surface area contributed by atoms with Crippen molar-refractivity contribution in [3.8, 4) is 0 Å². The van der Waals surface area contributed by atoms with Gasteiger partial charge in [-0.1, -0.05) is 18.2 Å². The first-order valence-electron chi connectivity index (χ1n) is 3.42. The molecule has 0 fully saturated rings. The van der Waals surface area contributed by atoms with E-state index in [9.17, 15) is 9.00 Å². The molecule has 5 nitrogen and oxygen atoms in total. The fourth-order valence-corrected chi connectivity index (χ4v) is 0.967. The molecule has 0 aromatic heterocycles. The number of benzene rings is 1. The van der Waals surface area contributed by atoms with Gasteiger partial charge in [0.2, 0.25) is 0 Å². The van der Waals surface area contributed by atoms with Gasteiger partial charge in [-0.05, 0) is 12.1 Å². The molecule has 0 saturated carbocycles. The monoisotopic (exact) mass is 200 g/mol. The Bertz CT molecular complexity index is 315. The number of para-hydroxylation sites is 1. The average Bonchev–Trinajstić information content (AvgIpc) is 2.04. The summed E-state index contributed by atoms with van der Waals surface area (Å²) in [5.41, 5.74) is 0.561. The Kier molecular flexibility index (Phi) is 3.41. The summed E-state index contributed by atoms with van der Waals surface area (Å²) < 4.78 is 20.2. The Balaban J connectivity index is 2.50. The minimum atomic E-state index is -2.33. The Hall–Kier alpha value is -1.40. The van der Waals surface area contributed by atoms with E-state index in [4.69, 9.17) is 4.55 Å². The largest absolute Gasteiger partial charge is 0.332 e. The Labute approximate surface area is 77.6 Å². The van der Waals surface area contributed by atoms with Crippen LogP contribution in [0.4, 0.5) is 10.5 Å². The first-order valence-corrected chi connectivity index (χ1v) is 4.52. The molecule has 70 valence electrons. The van der Waals surface area contributed by atoms with E-state index in [0.717, 1.165) is 0 Å². The third kappa shape index (κ3) is 3.68. The number of anilines is 1. The van der Waals surface area contributed by atoms with Gasteiger partial charge in [-0.25, -0.2) is 13.7 Å². The van der Waals surface area contributed by atoms with Crippen molar-refractivity contribution in [2.45, 2.75) is 0 Å². The van der Waals surface area contributed by atoms with E-state index in [-0.39, 0.29) is 0 Å². The summed E-state index contributed by atoms with van der Waals surface area (Å²) in [6.45, 7) is 0. The predicted octanol–water partition coefficient (Wildman–Crippen LogP) is 0.945. The van der Waals surface area contributed by atoms with Crippen LogP contribution in [-0.4, -0.2) is 14.8 Å². The van der Waals surface area contributed by atoms with Crippen LogP contribution in [0.5, 0.6) is 0 Å². The molecule has 0 saturated heterocycles. The Morgan fingerprint density at radius 3 is 2.46 bits per heavy atom. The lowest BCUT2D eigenvalue weighted by molar-refractivity contribution is 0.256. The maximum absolute atomic E-state index is 10.8. The van der Waals surface area contributed by atoms with Crippen molar-refractivity contribution in [3.63, 3.8) is 0 Å². The van der Waals surface area contributed by atoms with Crippen LogP contribution in [-0.2, 0) is 11.3 Å². The number of rotatable bonds is 2. The first-order chi connectivity index (χ1) is 6.18. The molecule has 0 heterocycles. The summed E-state index contributed by atoms with van der Waals surface area (Å²) in [5, 5.41) is 2.37. The van der Waals surface area contributed by atoms with Crippen molar-refractivity contribution >= 4 is 23.0 Å². The summed E-state index contributed by atoms with van der Waals surface area (Å²) >= 11 is -2.33. The maximum atomic E-state index is 10.8. The van der Waals surface area contributed by atoms with E-state index in [1.165, 1.54) is 0 Å². The number of hydrogen-bond donors (Lipinski definition) is 3. The number of nitrogens with one attached hydrogen (secondary N) is 2. The fraction of sp³-hybridized carbons (Fsp3) is 0. The lowest BCUT2D eigenvalue weighted by Gasteiger charge is -2.02. The Morgan fingerprint density at radius 1 is 1.31 bits per heavy atom. The van der Waals surface area contributed by atoms with Crippen molar-refractivity contribution in [2.75, 3.05) is 5.32 Å². The van der Waals surface area contributed by atoms with Crippen LogP contribution >= 0.6 is 0 Å². The summed E-state index contributed by atoms with van der Waals surface area (Å²) in [6, 6.07) is 7.90. The molecular formula is C7H8N2O3S. The van der Waals surface area contributed by atoms with Gasteiger partial charge in [-0.2, -0.15) is 0 Å². The highest BCUT2D eigenvalue weighted by molar-refractivity contribution is 7.77. The lowest BCUT2D eigenvalue weighted by atomic mass is 10.3. The zero-order valence-corrected chi connectivity index (χ0v) is 7.38. The molecule has 1 aromatic rings. The second-order valence-corrected chi connectivity index (χ2v) is 2.87. The number of urea groups is 1. The molecule has 0 aliphatic rings. The molecule has 0 aliphatic heterocycles. The fourth-order valence-electron chi connectivity index (χ4n) is 0.757. The molecule has 0 radical (unpaired) electrons. The topological polar surface area (TPSA) is 78.4 Å². The number of hydrogen-bond acceptors (Lipinski definition) is 2. The van der Waals surface area contributed by atoms with Crippen LogP contribution in [0.2, 0.25) is 0 Å². The van der Waals surface area contributed by atoms with Gasteiger partial charge in [0, 0.05) is 5.69 Å². The summed E-state index contributed by atoms with van der Waals surface area (Å²) in [6.07, 6.45) is 0. The van der Waals surface area contributed by atoms with E-state index in [1.807, 2.05) is 0 Å². The van der Waals surface area contributed by atoms with Crippen molar-refractivity contribution < 1.29 is 13.6 Å². The normalized spacial score (nSPS) is 11.8. The van der Waals surface area contributed by atoms with Gasteiger partial charge in [-0.3, -0.25) is 4.55 Å². The lowest BCUT2D eigenvalue weighted by Crippen LogP contribution is -2.29. The summed E-state index contributed by atoms with van der Waals surface area (Å²) in [7, 11) is 0. The number of carbonyl (C=O) groups excluding carboxylic acids is 1. The molecule has 3 N–H and O–H groups in total. The van der Waals surface area contributed by atoms with Crippen LogP contribution in [0.15, 0.2) is 30.3 Å². The summed E-state index contributed by atoms with van der Waals surface area (Å²) in [5.74, 6) is 0. The molecule has 0 spiro atoms. The van der Waals surface area contributed by atoms with Crippen molar-refractivity contribution in [2.24, 2.45) is 0 Å². The zero-order chi connectivity index (χ0) is 9.68. The van der Waals surface area contributed by atoms with Crippen LogP contribution < -0.4 is 10.0 Å². The van der Waals surface area contributed by atoms with Crippen LogP contribution in [0.1, 0.15) is 0 Å². The molecule has 1 rings (SSSR count). The van der Waals surface area contributed by atoms with Crippen LogP contribution in [0.3, 0.4) is 0 Å². The van der Waals surface area contributed by atoms with E-state index >= 15 is 0 Å². The number of amides is 2. The third-order valence-electron chi connectivity index (χ3n) is 1.21. The van der Waals surface area contributed by atoms with Gasteiger partial charge in [0.25, 0.3) is 11.3 Å². The van der Waals surface area contributed by atoms with E-state index < -0.39 is 17.3 Å². The smallest absolute Gasteiger partial charge is 0.307 e. The molecule has 2 amide bonds. The maximum Gasteiger partial charge on any atom is 0.332 e. The second-order valence-electron chi connectivity index (χ2n) is 2.17. The third-order valence-corrected chi connectivity index (χ3v) is 1.57. The highest BCUT2D eigenvalue weighted by Crippen LogP contribution is 2.03. The minimum absolute atomic E-state index is 0.561. The van der Waals surface area contributed by atoms with Crippen molar-refractivity contribution in [1.29, 1.82) is 0 Å². The SMILES string of the molecule is O=C(Nc1ccccc1)NS(=O)O. The van der Waals surface area contributed by atoms with Gasteiger partial charge >= 0.3 is 6.03 Å². The van der Waals surface area contributed by atoms with Gasteiger partial charge in [-0.15, -0.1) is 0 Å². The predicted molar refractivity (Wildman–Crippen MR) is 49.4 cm³/mol. The molecular weight excluding hydrogens is 192 g/mol. The minimum Gasteiger partial charge on any atom is -0.307 e. The molecule has 1 atom stereocenters. The molecule has 0 aliphatic carbocycles. The molecule has 1 unspecified atom stereocenters. The number of carbonyl (C=O) groups is 1.